The Bertz CT molecular complexity index is 187. The highest BCUT2D eigenvalue weighted by molar-refractivity contribution is 4.78. The van der Waals surface area contributed by atoms with E-state index in [4.69, 9.17) is 5.26 Å². The first-order valence-corrected chi connectivity index (χ1v) is 4.32. The van der Waals surface area contributed by atoms with Crippen LogP contribution in [0.25, 0.3) is 0 Å². The van der Waals surface area contributed by atoms with Gasteiger partial charge in [-0.1, -0.05) is 0 Å². The van der Waals surface area contributed by atoms with E-state index in [0.717, 1.165) is 32.4 Å². The maximum atomic E-state index is 10.2. The van der Waals surface area contributed by atoms with Crippen molar-refractivity contribution < 1.29 is 0 Å². The second-order valence-corrected chi connectivity index (χ2v) is 3.19. The molecule has 0 spiro atoms. The predicted octanol–water partition coefficient (Wildman–Crippen LogP) is 1.68. The van der Waals surface area contributed by atoms with Gasteiger partial charge in [0, 0.05) is 19.5 Å². The van der Waals surface area contributed by atoms with Crippen LogP contribution in [0.15, 0.2) is 5.29 Å². The first-order valence-electron chi connectivity index (χ1n) is 4.32. The molecule has 1 aliphatic heterocycles. The van der Waals surface area contributed by atoms with E-state index < -0.39 is 0 Å². The van der Waals surface area contributed by atoms with Crippen molar-refractivity contribution in [3.05, 3.63) is 4.91 Å². The molecule has 1 rings (SSSR count). The molecule has 1 unspecified atom stereocenters. The lowest BCUT2D eigenvalue weighted by atomic mass is 9.98. The Morgan fingerprint density at radius 3 is 3.00 bits per heavy atom. The Hall–Kier alpha value is -1.11. The molecule has 0 N–H and O–H groups in total. The summed E-state index contributed by atoms with van der Waals surface area (Å²) >= 11 is 0. The Morgan fingerprint density at radius 2 is 2.33 bits per heavy atom. The molecule has 0 saturated carbocycles. The summed E-state index contributed by atoms with van der Waals surface area (Å²) in [6.45, 7) is 1.47. The molecule has 0 aromatic rings. The zero-order valence-electron chi connectivity index (χ0n) is 7.07. The smallest absolute Gasteiger partial charge is 0.0624 e. The molecule has 4 heteroatoms. The Balaban J connectivity index is 2.34. The minimum Gasteiger partial charge on any atom is -0.261 e. The Kier molecular flexibility index (Phi) is 3.52. The van der Waals surface area contributed by atoms with Crippen LogP contribution in [0.5, 0.6) is 0 Å². The standard InChI is InChI=1S/C8H13N3O/c9-5-3-8-2-1-6-11(10-12)7-4-8/h8H,1-4,6-7H2. The number of nitriles is 1. The maximum Gasteiger partial charge on any atom is 0.0624 e. The van der Waals surface area contributed by atoms with Gasteiger partial charge in [0.05, 0.1) is 11.4 Å². The van der Waals surface area contributed by atoms with Gasteiger partial charge in [-0.15, -0.1) is 4.91 Å². The van der Waals surface area contributed by atoms with Crippen molar-refractivity contribution in [2.24, 2.45) is 11.2 Å². The molecule has 1 fully saturated rings. The fraction of sp³-hybridized carbons (Fsp3) is 0.875. The summed E-state index contributed by atoms with van der Waals surface area (Å²) in [6.07, 6.45) is 3.59. The van der Waals surface area contributed by atoms with Crippen LogP contribution >= 0.6 is 0 Å². The van der Waals surface area contributed by atoms with Crippen LogP contribution in [-0.2, 0) is 0 Å². The summed E-state index contributed by atoms with van der Waals surface area (Å²) in [5, 5.41) is 12.9. The van der Waals surface area contributed by atoms with Crippen LogP contribution in [0, 0.1) is 22.2 Å². The maximum absolute atomic E-state index is 10.2. The summed E-state index contributed by atoms with van der Waals surface area (Å²) in [7, 11) is 0. The van der Waals surface area contributed by atoms with Gasteiger partial charge in [-0.05, 0) is 25.2 Å². The van der Waals surface area contributed by atoms with Crippen LogP contribution in [-0.4, -0.2) is 18.1 Å². The molecule has 1 atom stereocenters. The number of hydrogen-bond acceptors (Lipinski definition) is 3. The third-order valence-corrected chi connectivity index (χ3v) is 2.32. The van der Waals surface area contributed by atoms with Crippen LogP contribution in [0.1, 0.15) is 25.7 Å². The van der Waals surface area contributed by atoms with E-state index in [1.807, 2.05) is 0 Å². The molecular weight excluding hydrogens is 154 g/mol. The van der Waals surface area contributed by atoms with Crippen molar-refractivity contribution in [3.63, 3.8) is 0 Å². The Labute approximate surface area is 72.1 Å². The minimum atomic E-state index is 0.474. The van der Waals surface area contributed by atoms with Gasteiger partial charge in [0.15, 0.2) is 0 Å². The first-order chi connectivity index (χ1) is 5.86. The highest BCUT2D eigenvalue weighted by Gasteiger charge is 2.15. The number of rotatable bonds is 2. The minimum absolute atomic E-state index is 0.474. The normalized spacial score (nSPS) is 24.2. The molecule has 4 nitrogen and oxygen atoms in total. The predicted molar refractivity (Wildman–Crippen MR) is 44.9 cm³/mol. The van der Waals surface area contributed by atoms with Gasteiger partial charge in [-0.2, -0.15) is 5.26 Å². The summed E-state index contributed by atoms with van der Waals surface area (Å²) in [5.74, 6) is 0.474. The van der Waals surface area contributed by atoms with E-state index in [1.165, 1.54) is 0 Å². The Morgan fingerprint density at radius 1 is 1.50 bits per heavy atom. The van der Waals surface area contributed by atoms with Crippen molar-refractivity contribution in [3.8, 4) is 6.07 Å². The van der Waals surface area contributed by atoms with Crippen molar-refractivity contribution in [1.29, 1.82) is 5.26 Å². The number of nitroso groups, excluding NO2 is 1. The van der Waals surface area contributed by atoms with Gasteiger partial charge in [0.1, 0.15) is 0 Å². The van der Waals surface area contributed by atoms with Crippen LogP contribution < -0.4 is 0 Å². The van der Waals surface area contributed by atoms with Gasteiger partial charge in [0.25, 0.3) is 0 Å². The summed E-state index contributed by atoms with van der Waals surface area (Å²) in [5.41, 5.74) is 0. The van der Waals surface area contributed by atoms with Crippen molar-refractivity contribution >= 4 is 0 Å². The average Bonchev–Trinajstić information content (AvgIpc) is 2.31. The molecule has 1 aliphatic rings. The largest absolute Gasteiger partial charge is 0.261 e. The van der Waals surface area contributed by atoms with Crippen LogP contribution in [0.4, 0.5) is 0 Å². The fourth-order valence-corrected chi connectivity index (χ4v) is 1.57. The quantitative estimate of drug-likeness (QED) is 0.588. The van der Waals surface area contributed by atoms with Gasteiger partial charge in [-0.3, -0.25) is 5.01 Å². The van der Waals surface area contributed by atoms with E-state index in [1.54, 1.807) is 5.01 Å². The van der Waals surface area contributed by atoms with Crippen LogP contribution in [0.3, 0.4) is 0 Å². The lowest BCUT2D eigenvalue weighted by molar-refractivity contribution is 0.291. The van der Waals surface area contributed by atoms with E-state index in [0.29, 0.717) is 12.3 Å². The highest BCUT2D eigenvalue weighted by Crippen LogP contribution is 2.19. The van der Waals surface area contributed by atoms with Crippen molar-refractivity contribution in [2.75, 3.05) is 13.1 Å². The second kappa shape index (κ2) is 4.70. The molecule has 0 aromatic carbocycles. The molecule has 1 saturated heterocycles. The van der Waals surface area contributed by atoms with Gasteiger partial charge < -0.3 is 0 Å². The number of nitrogens with zero attached hydrogens (tertiary/aromatic N) is 3. The van der Waals surface area contributed by atoms with Gasteiger partial charge >= 0.3 is 0 Å². The molecule has 12 heavy (non-hydrogen) atoms. The molecule has 0 amide bonds. The molecule has 0 aromatic heterocycles. The van der Waals surface area contributed by atoms with E-state index in [-0.39, 0.29) is 0 Å². The molecule has 66 valence electrons. The molecule has 0 bridgehead atoms. The van der Waals surface area contributed by atoms with E-state index in [9.17, 15) is 4.91 Å². The summed E-state index contributed by atoms with van der Waals surface area (Å²) < 4.78 is 0. The van der Waals surface area contributed by atoms with Gasteiger partial charge in [0.2, 0.25) is 0 Å². The average molecular weight is 167 g/mol. The fourth-order valence-electron chi connectivity index (χ4n) is 1.57. The number of hydrogen-bond donors (Lipinski definition) is 0. The summed E-state index contributed by atoms with van der Waals surface area (Å²) in [4.78, 5) is 10.2. The van der Waals surface area contributed by atoms with Gasteiger partial charge in [-0.25, -0.2) is 0 Å². The molecular formula is C8H13N3O. The third kappa shape index (κ3) is 2.50. The molecule has 0 aliphatic carbocycles. The topological polar surface area (TPSA) is 56.5 Å². The monoisotopic (exact) mass is 167 g/mol. The lowest BCUT2D eigenvalue weighted by Gasteiger charge is -2.10. The highest BCUT2D eigenvalue weighted by atomic mass is 16.3. The lowest BCUT2D eigenvalue weighted by Crippen LogP contribution is -2.17. The first kappa shape index (κ1) is 8.98. The van der Waals surface area contributed by atoms with E-state index in [2.05, 4.69) is 11.4 Å². The van der Waals surface area contributed by atoms with Crippen LogP contribution in [0.2, 0.25) is 0 Å². The second-order valence-electron chi connectivity index (χ2n) is 3.19. The zero-order chi connectivity index (χ0) is 8.81. The van der Waals surface area contributed by atoms with E-state index >= 15 is 0 Å². The van der Waals surface area contributed by atoms with Crippen molar-refractivity contribution in [2.45, 2.75) is 25.7 Å². The van der Waals surface area contributed by atoms with Crippen molar-refractivity contribution in [1.82, 2.24) is 5.01 Å². The SMILES string of the molecule is N#CCC1CCCN(N=O)CC1. The summed E-state index contributed by atoms with van der Waals surface area (Å²) in [6, 6.07) is 2.17. The zero-order valence-corrected chi connectivity index (χ0v) is 7.07. The third-order valence-electron chi connectivity index (χ3n) is 2.32. The molecule has 1 heterocycles. The molecule has 0 radical (unpaired) electrons.